The summed E-state index contributed by atoms with van der Waals surface area (Å²) in [6.07, 6.45) is 20.4. The van der Waals surface area contributed by atoms with Crippen molar-refractivity contribution in [2.24, 2.45) is 0 Å². The smallest absolute Gasteiger partial charge is 0.408 e. The van der Waals surface area contributed by atoms with Gasteiger partial charge < -0.3 is 30.2 Å². The summed E-state index contributed by atoms with van der Waals surface area (Å²) in [5.74, 6) is 0.230. The monoisotopic (exact) mass is 700 g/mol. The summed E-state index contributed by atoms with van der Waals surface area (Å²) in [4.78, 5) is 35.1. The van der Waals surface area contributed by atoms with E-state index in [1.165, 1.54) is 70.6 Å². The van der Waals surface area contributed by atoms with Crippen LogP contribution in [0.15, 0.2) is 0 Å². The van der Waals surface area contributed by atoms with E-state index in [4.69, 9.17) is 14.2 Å². The number of hydrogen-bond acceptors (Lipinski definition) is 6. The summed E-state index contributed by atoms with van der Waals surface area (Å²) in [5, 5.41) is 8.86. The van der Waals surface area contributed by atoms with Gasteiger partial charge in [-0.2, -0.15) is 0 Å². The van der Waals surface area contributed by atoms with E-state index in [0.717, 1.165) is 32.1 Å². The molecule has 0 radical (unpaired) electrons. The Hall–Kier alpha value is -1.87. The molecule has 292 valence electrons. The van der Waals surface area contributed by atoms with Crippen molar-refractivity contribution in [3.8, 4) is 0 Å². The fraction of sp³-hybridized carbons (Fsp3) is 0.925. The van der Waals surface area contributed by atoms with E-state index in [9.17, 15) is 14.4 Å². The number of ether oxygens (including phenoxy) is 3. The predicted molar refractivity (Wildman–Crippen MR) is 205 cm³/mol. The fourth-order valence-corrected chi connectivity index (χ4v) is 5.06. The first-order valence-electron chi connectivity index (χ1n) is 19.7. The molecule has 9 heteroatoms. The van der Waals surface area contributed by atoms with E-state index < -0.39 is 5.60 Å². The van der Waals surface area contributed by atoms with Gasteiger partial charge in [0, 0.05) is 50.3 Å². The Morgan fingerprint density at radius 1 is 0.633 bits per heavy atom. The zero-order valence-corrected chi connectivity index (χ0v) is 34.1. The summed E-state index contributed by atoms with van der Waals surface area (Å²) in [5.41, 5.74) is -1.03. The molecule has 0 heterocycles. The van der Waals surface area contributed by atoms with Crippen LogP contribution in [-0.4, -0.2) is 67.1 Å². The van der Waals surface area contributed by atoms with Crippen molar-refractivity contribution in [3.63, 3.8) is 0 Å². The van der Waals surface area contributed by atoms with E-state index in [1.807, 2.05) is 55.4 Å². The number of carbonyl (C=O) groups is 3. The van der Waals surface area contributed by atoms with Crippen molar-refractivity contribution in [2.75, 3.05) is 26.4 Å². The molecule has 0 bridgehead atoms. The van der Waals surface area contributed by atoms with Gasteiger partial charge in [0.05, 0.1) is 6.10 Å². The first-order chi connectivity index (χ1) is 23.0. The number of amides is 3. The Morgan fingerprint density at radius 2 is 1.12 bits per heavy atom. The Morgan fingerprint density at radius 3 is 1.61 bits per heavy atom. The third kappa shape index (κ3) is 37.2. The second kappa shape index (κ2) is 29.8. The molecule has 0 aromatic carbocycles. The number of rotatable bonds is 28. The molecule has 0 fully saturated rings. The summed E-state index contributed by atoms with van der Waals surface area (Å²) < 4.78 is 16.3. The van der Waals surface area contributed by atoms with Gasteiger partial charge in [-0.25, -0.2) is 4.79 Å². The molecule has 3 N–H and O–H groups in total. The normalized spacial score (nSPS) is 12.5. The van der Waals surface area contributed by atoms with Crippen LogP contribution in [0.25, 0.3) is 0 Å². The minimum atomic E-state index is -0.458. The van der Waals surface area contributed by atoms with Crippen molar-refractivity contribution in [3.05, 3.63) is 0 Å². The Labute approximate surface area is 302 Å². The number of nitrogens with one attached hydrogen (secondary N) is 3. The number of carbonyl (C=O) groups excluding carboxylic acids is 3. The van der Waals surface area contributed by atoms with Gasteiger partial charge >= 0.3 is 6.09 Å². The first kappa shape index (κ1) is 49.2. The molecule has 0 aromatic rings. The Kier molecular flexibility index (Phi) is 30.0. The van der Waals surface area contributed by atoms with Crippen molar-refractivity contribution in [2.45, 2.75) is 215 Å². The summed E-state index contributed by atoms with van der Waals surface area (Å²) in [6, 6.07) is 0. The summed E-state index contributed by atoms with van der Waals surface area (Å²) in [7, 11) is 0. The Bertz CT molecular complexity index is 825. The topological polar surface area (TPSA) is 115 Å². The number of alkyl carbamates (subject to hydrolysis) is 1. The molecule has 0 aliphatic heterocycles. The zero-order valence-electron chi connectivity index (χ0n) is 34.1. The van der Waals surface area contributed by atoms with Crippen LogP contribution in [0.2, 0.25) is 0 Å². The molecule has 9 nitrogen and oxygen atoms in total. The van der Waals surface area contributed by atoms with Crippen molar-refractivity contribution >= 4 is 17.9 Å². The van der Waals surface area contributed by atoms with E-state index in [-0.39, 0.29) is 35.1 Å². The van der Waals surface area contributed by atoms with E-state index in [1.54, 1.807) is 0 Å². The predicted octanol–water partition coefficient (Wildman–Crippen LogP) is 9.79. The average molecular weight is 700 g/mol. The average Bonchev–Trinajstić information content (AvgIpc) is 2.98. The van der Waals surface area contributed by atoms with Gasteiger partial charge in [-0.3, -0.25) is 9.59 Å². The molecule has 0 saturated carbocycles. The van der Waals surface area contributed by atoms with Gasteiger partial charge in [0.2, 0.25) is 11.8 Å². The summed E-state index contributed by atoms with van der Waals surface area (Å²) >= 11 is 0. The van der Waals surface area contributed by atoms with Gasteiger partial charge in [-0.15, -0.1) is 0 Å². The van der Waals surface area contributed by atoms with Crippen LogP contribution in [-0.2, 0) is 23.8 Å². The highest BCUT2D eigenvalue weighted by molar-refractivity contribution is 5.76. The van der Waals surface area contributed by atoms with Gasteiger partial charge in [0.1, 0.15) is 5.60 Å². The van der Waals surface area contributed by atoms with Gasteiger partial charge in [0.15, 0.2) is 0 Å². The molecule has 0 aromatic heterocycles. The van der Waals surface area contributed by atoms with E-state index in [2.05, 4.69) is 36.7 Å². The zero-order chi connectivity index (χ0) is 37.6. The Balaban J connectivity index is 0. The molecule has 1 atom stereocenters. The largest absolute Gasteiger partial charge is 0.444 e. The second-order valence-electron chi connectivity index (χ2n) is 15.8. The van der Waals surface area contributed by atoms with Crippen molar-refractivity contribution in [1.82, 2.24) is 16.0 Å². The van der Waals surface area contributed by atoms with Crippen LogP contribution in [0.5, 0.6) is 0 Å². The van der Waals surface area contributed by atoms with Crippen LogP contribution >= 0.6 is 0 Å². The van der Waals surface area contributed by atoms with Crippen LogP contribution in [0.4, 0.5) is 4.79 Å². The van der Waals surface area contributed by atoms with Crippen LogP contribution < -0.4 is 16.0 Å². The maximum Gasteiger partial charge on any atom is 0.408 e. The molecule has 0 aliphatic rings. The minimum Gasteiger partial charge on any atom is -0.444 e. The van der Waals surface area contributed by atoms with Crippen LogP contribution in [0.3, 0.4) is 0 Å². The molecule has 3 amide bonds. The van der Waals surface area contributed by atoms with Gasteiger partial charge in [-0.1, -0.05) is 90.9 Å². The summed E-state index contributed by atoms with van der Waals surface area (Å²) in [6.45, 7) is 24.3. The lowest BCUT2D eigenvalue weighted by Gasteiger charge is -2.28. The quantitative estimate of drug-likeness (QED) is 0.0701. The van der Waals surface area contributed by atoms with Crippen LogP contribution in [0.1, 0.15) is 192 Å². The fourth-order valence-electron chi connectivity index (χ4n) is 5.06. The van der Waals surface area contributed by atoms with Crippen LogP contribution in [0, 0.1) is 0 Å². The lowest BCUT2D eigenvalue weighted by Crippen LogP contribution is -2.46. The molecule has 1 unspecified atom stereocenters. The van der Waals surface area contributed by atoms with Crippen molar-refractivity contribution < 1.29 is 28.6 Å². The maximum atomic E-state index is 12.3. The lowest BCUT2D eigenvalue weighted by atomic mass is 10.0. The molecular formula is C40H81N3O6. The standard InChI is InChI=1S/C28H56N2O3.C12H25NO3/c1-6-8-9-10-11-12-13-14-15-16-17-18-19-20-27(32)30-28(4,5)22-24-33-25(3)21-23-29-26(31)7-2;1-7-15-9-8-12(5,6)13-10(14)16-11(2,3)4/h25H,6-24H2,1-5H3,(H,29,31)(H,30,32);7-9H2,1-6H3,(H,13,14). The molecule has 0 saturated heterocycles. The maximum absolute atomic E-state index is 12.3. The highest BCUT2D eigenvalue weighted by atomic mass is 16.6. The number of hydrogen-bond donors (Lipinski definition) is 3. The third-order valence-electron chi connectivity index (χ3n) is 8.22. The lowest BCUT2D eigenvalue weighted by molar-refractivity contribution is -0.123. The number of unbranched alkanes of at least 4 members (excludes halogenated alkanes) is 12. The highest BCUT2D eigenvalue weighted by Crippen LogP contribution is 2.15. The van der Waals surface area contributed by atoms with Gasteiger partial charge in [-0.05, 0) is 88.0 Å². The van der Waals surface area contributed by atoms with Gasteiger partial charge in [0.25, 0.3) is 0 Å². The molecular weight excluding hydrogens is 618 g/mol. The molecule has 0 aliphatic carbocycles. The third-order valence-corrected chi connectivity index (χ3v) is 8.22. The van der Waals surface area contributed by atoms with E-state index in [0.29, 0.717) is 39.2 Å². The molecule has 0 spiro atoms. The molecule has 49 heavy (non-hydrogen) atoms. The van der Waals surface area contributed by atoms with Crippen molar-refractivity contribution in [1.29, 1.82) is 0 Å². The highest BCUT2D eigenvalue weighted by Gasteiger charge is 2.24. The molecule has 0 rings (SSSR count). The first-order valence-corrected chi connectivity index (χ1v) is 19.7. The SMILES string of the molecule is CCCCCCCCCCCCCCCC(=O)NC(C)(C)CCOC(C)CCNC(=O)CC.CCOCCC(C)(C)NC(=O)OC(C)(C)C. The second-order valence-corrected chi connectivity index (χ2v) is 15.8. The van der Waals surface area contributed by atoms with E-state index >= 15 is 0 Å². The minimum absolute atomic E-state index is 0.0783.